The van der Waals surface area contributed by atoms with Gasteiger partial charge in [-0.05, 0) is 24.6 Å². The normalized spacial score (nSPS) is 16.6. The Morgan fingerprint density at radius 1 is 1.15 bits per heavy atom. The number of carbonyl (C=O) groups is 2. The van der Waals surface area contributed by atoms with E-state index in [0.29, 0.717) is 18.1 Å². The van der Waals surface area contributed by atoms with Crippen LogP contribution < -0.4 is 10.2 Å². The molecule has 136 valence electrons. The summed E-state index contributed by atoms with van der Waals surface area (Å²) in [4.78, 5) is 26.9. The third-order valence-corrected chi connectivity index (χ3v) is 5.70. The fourth-order valence-corrected chi connectivity index (χ4v) is 4.13. The van der Waals surface area contributed by atoms with Crippen LogP contribution in [0.25, 0.3) is 10.6 Å². The van der Waals surface area contributed by atoms with Crippen LogP contribution in [0.2, 0.25) is 0 Å². The Hall–Kier alpha value is -2.58. The van der Waals surface area contributed by atoms with Crippen molar-refractivity contribution in [3.05, 3.63) is 59.1 Å². The summed E-state index contributed by atoms with van der Waals surface area (Å²) >= 11 is 4.70. The lowest BCUT2D eigenvalue weighted by Gasteiger charge is -2.16. The van der Waals surface area contributed by atoms with Gasteiger partial charge in [0.05, 0.1) is 0 Å². The van der Waals surface area contributed by atoms with Crippen LogP contribution in [0.5, 0.6) is 0 Å². The average molecular weight is 443 g/mol. The molecule has 1 aliphatic heterocycles. The topological polar surface area (TPSA) is 75.2 Å². The van der Waals surface area contributed by atoms with Crippen molar-refractivity contribution in [3.63, 3.8) is 0 Å². The molecule has 1 aliphatic rings. The molecule has 1 fully saturated rings. The summed E-state index contributed by atoms with van der Waals surface area (Å²) in [6, 6.07) is 17.1. The summed E-state index contributed by atoms with van der Waals surface area (Å²) in [6.45, 7) is 0.513. The minimum Gasteiger partial charge on any atom is -0.312 e. The zero-order chi connectivity index (χ0) is 18.8. The molecule has 2 amide bonds. The number of nitrogens with zero attached hydrogens (tertiary/aromatic N) is 3. The zero-order valence-corrected chi connectivity index (χ0v) is 16.5. The van der Waals surface area contributed by atoms with Crippen molar-refractivity contribution in [2.24, 2.45) is 5.92 Å². The molecule has 1 aromatic heterocycles. The number of carbonyl (C=O) groups excluding carboxylic acids is 2. The van der Waals surface area contributed by atoms with Gasteiger partial charge in [0.25, 0.3) is 0 Å². The Labute approximate surface area is 168 Å². The van der Waals surface area contributed by atoms with E-state index in [-0.39, 0.29) is 11.8 Å². The van der Waals surface area contributed by atoms with E-state index in [9.17, 15) is 9.59 Å². The highest BCUT2D eigenvalue weighted by Crippen LogP contribution is 2.30. The average Bonchev–Trinajstić information content (AvgIpc) is 3.29. The molecule has 1 atom stereocenters. The number of hydrogen-bond donors (Lipinski definition) is 1. The molecule has 1 N–H and O–H groups in total. The van der Waals surface area contributed by atoms with Crippen LogP contribution in [-0.2, 0) is 9.59 Å². The molecule has 1 unspecified atom stereocenters. The highest BCUT2D eigenvalue weighted by molar-refractivity contribution is 9.10. The third kappa shape index (κ3) is 3.77. The van der Waals surface area contributed by atoms with Crippen molar-refractivity contribution < 1.29 is 9.59 Å². The molecule has 27 heavy (non-hydrogen) atoms. The molecular formula is C19H15BrN4O2S. The van der Waals surface area contributed by atoms with E-state index in [1.54, 1.807) is 4.90 Å². The zero-order valence-electron chi connectivity index (χ0n) is 14.1. The molecule has 8 heteroatoms. The van der Waals surface area contributed by atoms with Crippen LogP contribution in [0.1, 0.15) is 6.42 Å². The Kier molecular flexibility index (Phi) is 5.00. The molecule has 0 saturated carbocycles. The van der Waals surface area contributed by atoms with Crippen LogP contribution in [-0.4, -0.2) is 28.6 Å². The maximum Gasteiger partial charge on any atom is 0.239 e. The molecule has 0 aliphatic carbocycles. The second kappa shape index (κ2) is 7.58. The predicted molar refractivity (Wildman–Crippen MR) is 109 cm³/mol. The minimum absolute atomic E-state index is 0.196. The van der Waals surface area contributed by atoms with Gasteiger partial charge in [0.15, 0.2) is 0 Å². The van der Waals surface area contributed by atoms with E-state index >= 15 is 0 Å². The van der Waals surface area contributed by atoms with Gasteiger partial charge in [0, 0.05) is 22.3 Å². The summed E-state index contributed by atoms with van der Waals surface area (Å²) < 4.78 is 0.892. The van der Waals surface area contributed by atoms with Crippen LogP contribution in [0.4, 0.5) is 10.8 Å². The van der Waals surface area contributed by atoms with Crippen molar-refractivity contribution in [1.82, 2.24) is 10.2 Å². The third-order valence-electron chi connectivity index (χ3n) is 4.32. The van der Waals surface area contributed by atoms with Crippen LogP contribution in [0, 0.1) is 5.92 Å². The Morgan fingerprint density at radius 2 is 1.96 bits per heavy atom. The number of rotatable bonds is 4. The second-order valence-electron chi connectivity index (χ2n) is 6.08. The lowest BCUT2D eigenvalue weighted by molar-refractivity contribution is -0.129. The van der Waals surface area contributed by atoms with E-state index in [4.69, 9.17) is 0 Å². The second-order valence-corrected chi connectivity index (χ2v) is 7.97. The quantitative estimate of drug-likeness (QED) is 0.620. The molecule has 0 spiro atoms. The van der Waals surface area contributed by atoms with E-state index in [0.717, 1.165) is 20.7 Å². The van der Waals surface area contributed by atoms with Gasteiger partial charge in [-0.1, -0.05) is 63.7 Å². The Balaban J connectivity index is 1.45. The number of aromatic nitrogens is 2. The first-order valence-corrected chi connectivity index (χ1v) is 9.99. The fourth-order valence-electron chi connectivity index (χ4n) is 2.99. The van der Waals surface area contributed by atoms with Crippen LogP contribution >= 0.6 is 27.3 Å². The Bertz CT molecular complexity index is 992. The first-order chi connectivity index (χ1) is 13.1. The monoisotopic (exact) mass is 442 g/mol. The molecule has 2 aromatic carbocycles. The van der Waals surface area contributed by atoms with Crippen molar-refractivity contribution >= 4 is 49.9 Å². The van der Waals surface area contributed by atoms with Crippen molar-refractivity contribution in [1.29, 1.82) is 0 Å². The van der Waals surface area contributed by atoms with E-state index in [2.05, 4.69) is 31.4 Å². The molecule has 1 saturated heterocycles. The number of benzene rings is 2. The van der Waals surface area contributed by atoms with Gasteiger partial charge >= 0.3 is 0 Å². The molecule has 2 heterocycles. The molecular weight excluding hydrogens is 428 g/mol. The van der Waals surface area contributed by atoms with Gasteiger partial charge in [-0.3, -0.25) is 14.9 Å². The predicted octanol–water partition coefficient (Wildman–Crippen LogP) is 3.96. The molecule has 6 nitrogen and oxygen atoms in total. The van der Waals surface area contributed by atoms with Gasteiger partial charge in [0.2, 0.25) is 16.9 Å². The van der Waals surface area contributed by atoms with Gasteiger partial charge in [-0.15, -0.1) is 10.2 Å². The summed E-state index contributed by atoms with van der Waals surface area (Å²) in [5.74, 6) is -1.25. The van der Waals surface area contributed by atoms with Gasteiger partial charge in [-0.25, -0.2) is 0 Å². The smallest absolute Gasteiger partial charge is 0.239 e. The summed E-state index contributed by atoms with van der Waals surface area (Å²) in [5, 5.41) is 12.0. The lowest BCUT2D eigenvalue weighted by Crippen LogP contribution is -2.33. The number of nitrogens with one attached hydrogen (secondary N) is 1. The highest BCUT2D eigenvalue weighted by Gasteiger charge is 2.38. The largest absolute Gasteiger partial charge is 0.312 e. The minimum atomic E-state index is -0.715. The lowest BCUT2D eigenvalue weighted by atomic mass is 10.1. The van der Waals surface area contributed by atoms with Crippen molar-refractivity contribution in [3.8, 4) is 10.6 Å². The first kappa shape index (κ1) is 17.8. The molecule has 0 bridgehead atoms. The molecule has 4 rings (SSSR count). The van der Waals surface area contributed by atoms with Gasteiger partial charge in [-0.2, -0.15) is 0 Å². The fraction of sp³-hybridized carbons (Fsp3) is 0.158. The van der Waals surface area contributed by atoms with Crippen LogP contribution in [0.3, 0.4) is 0 Å². The SMILES string of the molecule is O=C(Nc1nnc(-c2ccccc2)s1)C1CCN(c2cccc(Br)c2)C1=O. The maximum absolute atomic E-state index is 12.7. The van der Waals surface area contributed by atoms with E-state index < -0.39 is 5.92 Å². The number of halogens is 1. The molecule has 0 radical (unpaired) electrons. The van der Waals surface area contributed by atoms with E-state index in [1.807, 2.05) is 54.6 Å². The van der Waals surface area contributed by atoms with Gasteiger partial charge in [0.1, 0.15) is 10.9 Å². The highest BCUT2D eigenvalue weighted by atomic mass is 79.9. The standard InChI is InChI=1S/C19H15BrN4O2S/c20-13-7-4-8-14(11-13)24-10-9-15(18(24)26)16(25)21-19-23-22-17(27-19)12-5-2-1-3-6-12/h1-8,11,15H,9-10H2,(H,21,23,25). The number of anilines is 2. The van der Waals surface area contributed by atoms with E-state index in [1.165, 1.54) is 11.3 Å². The molecule has 3 aromatic rings. The summed E-state index contributed by atoms with van der Waals surface area (Å²) in [6.07, 6.45) is 0.474. The Morgan fingerprint density at radius 3 is 2.74 bits per heavy atom. The van der Waals surface area contributed by atoms with Gasteiger partial charge < -0.3 is 4.90 Å². The van der Waals surface area contributed by atoms with Crippen molar-refractivity contribution in [2.45, 2.75) is 6.42 Å². The number of amides is 2. The van der Waals surface area contributed by atoms with Crippen LogP contribution in [0.15, 0.2) is 59.1 Å². The number of hydrogen-bond acceptors (Lipinski definition) is 5. The van der Waals surface area contributed by atoms with Crippen molar-refractivity contribution in [2.75, 3.05) is 16.8 Å². The first-order valence-electron chi connectivity index (χ1n) is 8.38. The maximum atomic E-state index is 12.7. The summed E-state index contributed by atoms with van der Waals surface area (Å²) in [7, 11) is 0. The summed E-state index contributed by atoms with van der Waals surface area (Å²) in [5.41, 5.74) is 1.72.